The first-order valence-electron chi connectivity index (χ1n) is 9.04. The molecule has 0 radical (unpaired) electrons. The number of aromatic amines is 1. The Morgan fingerprint density at radius 2 is 2.21 bits per heavy atom. The summed E-state index contributed by atoms with van der Waals surface area (Å²) in [5.41, 5.74) is 1.31. The van der Waals surface area contributed by atoms with Crippen LogP contribution in [0.1, 0.15) is 20.3 Å². The van der Waals surface area contributed by atoms with Crippen molar-refractivity contribution in [2.45, 2.75) is 31.2 Å². The second kappa shape index (κ2) is 7.60. The Bertz CT molecular complexity index is 1090. The highest BCUT2D eigenvalue weighted by atomic mass is 35.5. The summed E-state index contributed by atoms with van der Waals surface area (Å²) < 4.78 is 35.5. The van der Waals surface area contributed by atoms with Gasteiger partial charge in [0.25, 0.3) is 0 Å². The zero-order chi connectivity index (χ0) is 20.8. The number of likely N-dealkylation sites (tertiary alicyclic amines) is 1. The standard InChI is InChI=1S/C18H20ClFN6O2S/c1-18(2,29(27)28)26-4-3-11(9-26)24-17-14(20)8-23-16(25-17)13-7-22-15-12(13)5-10(19)6-21-15/h5-8,11H,3-4,9H2,1-2H3,(H,21,22)(H,27,28)(H,23,24,25). The molecule has 29 heavy (non-hydrogen) atoms. The van der Waals surface area contributed by atoms with E-state index in [-0.39, 0.29) is 11.9 Å². The van der Waals surface area contributed by atoms with E-state index >= 15 is 0 Å². The van der Waals surface area contributed by atoms with E-state index in [9.17, 15) is 13.2 Å². The number of nitrogens with one attached hydrogen (secondary N) is 2. The Labute approximate surface area is 174 Å². The van der Waals surface area contributed by atoms with Crippen LogP contribution in [-0.2, 0) is 11.1 Å². The fourth-order valence-electron chi connectivity index (χ4n) is 3.43. The lowest BCUT2D eigenvalue weighted by atomic mass is 10.2. The molecule has 3 aromatic heterocycles. The average molecular weight is 439 g/mol. The van der Waals surface area contributed by atoms with Crippen LogP contribution < -0.4 is 5.32 Å². The molecule has 0 aromatic carbocycles. The summed E-state index contributed by atoms with van der Waals surface area (Å²) in [6, 6.07) is 1.65. The summed E-state index contributed by atoms with van der Waals surface area (Å²) >= 11 is 4.05. The minimum atomic E-state index is -1.99. The molecule has 154 valence electrons. The van der Waals surface area contributed by atoms with Crippen molar-refractivity contribution in [1.29, 1.82) is 0 Å². The number of halogens is 2. The molecule has 0 saturated carbocycles. The number of anilines is 1. The molecule has 4 rings (SSSR count). The summed E-state index contributed by atoms with van der Waals surface area (Å²) in [6.45, 7) is 4.56. The number of pyridine rings is 1. The molecule has 0 aliphatic carbocycles. The monoisotopic (exact) mass is 438 g/mol. The first-order chi connectivity index (χ1) is 13.8. The van der Waals surface area contributed by atoms with Gasteiger partial charge in [0.05, 0.1) is 11.2 Å². The molecule has 8 nitrogen and oxygen atoms in total. The molecule has 1 aliphatic rings. The Morgan fingerprint density at radius 1 is 1.41 bits per heavy atom. The van der Waals surface area contributed by atoms with Crippen molar-refractivity contribution in [2.75, 3.05) is 18.4 Å². The summed E-state index contributed by atoms with van der Waals surface area (Å²) in [7, 11) is 0. The van der Waals surface area contributed by atoms with Gasteiger partial charge in [-0.05, 0) is 26.3 Å². The zero-order valence-electron chi connectivity index (χ0n) is 15.8. The Hall–Kier alpha value is -2.14. The molecule has 11 heteroatoms. The van der Waals surface area contributed by atoms with E-state index in [2.05, 4.69) is 25.3 Å². The topological polar surface area (TPSA) is 107 Å². The lowest BCUT2D eigenvalue weighted by Gasteiger charge is -2.31. The van der Waals surface area contributed by atoms with Gasteiger partial charge in [-0.1, -0.05) is 11.6 Å². The predicted molar refractivity (Wildman–Crippen MR) is 111 cm³/mol. The third kappa shape index (κ3) is 3.85. The first kappa shape index (κ1) is 20.1. The Kier molecular flexibility index (Phi) is 5.28. The van der Waals surface area contributed by atoms with Crippen LogP contribution in [0, 0.1) is 5.82 Å². The van der Waals surface area contributed by atoms with Crippen molar-refractivity contribution in [2.24, 2.45) is 0 Å². The number of nitrogens with zero attached hydrogens (tertiary/aromatic N) is 4. The molecule has 1 fully saturated rings. The molecule has 3 N–H and O–H groups in total. The first-order valence-corrected chi connectivity index (χ1v) is 10.5. The Morgan fingerprint density at radius 3 is 2.97 bits per heavy atom. The maximum absolute atomic E-state index is 14.4. The smallest absolute Gasteiger partial charge is 0.183 e. The molecule has 4 heterocycles. The van der Waals surface area contributed by atoms with Gasteiger partial charge in [0.15, 0.2) is 28.5 Å². The van der Waals surface area contributed by atoms with E-state index in [1.807, 2.05) is 4.90 Å². The number of aromatic nitrogens is 4. The van der Waals surface area contributed by atoms with Gasteiger partial charge in [0, 0.05) is 42.5 Å². The number of rotatable bonds is 5. The minimum absolute atomic E-state index is 0.0918. The normalized spacial score (nSPS) is 19.0. The zero-order valence-corrected chi connectivity index (χ0v) is 17.4. The van der Waals surface area contributed by atoms with Crippen LogP contribution in [-0.4, -0.2) is 57.6 Å². The van der Waals surface area contributed by atoms with E-state index in [0.717, 1.165) is 11.6 Å². The molecule has 1 aliphatic heterocycles. The fraction of sp³-hybridized carbons (Fsp3) is 0.389. The SMILES string of the molecule is CC(C)(N1CCC(Nc2nc(-c3c[nH]c4ncc(Cl)cc34)ncc2F)C1)S(=O)O. The van der Waals surface area contributed by atoms with Gasteiger partial charge in [0.2, 0.25) is 0 Å². The molecular formula is C18H20ClFN6O2S. The van der Waals surface area contributed by atoms with Gasteiger partial charge >= 0.3 is 0 Å². The maximum atomic E-state index is 14.4. The lowest BCUT2D eigenvalue weighted by molar-refractivity contribution is 0.226. The highest BCUT2D eigenvalue weighted by molar-refractivity contribution is 7.80. The molecule has 0 spiro atoms. The van der Waals surface area contributed by atoms with Crippen molar-refractivity contribution in [3.8, 4) is 11.4 Å². The molecular weight excluding hydrogens is 419 g/mol. The molecule has 0 bridgehead atoms. The number of fused-ring (bicyclic) bond motifs is 1. The van der Waals surface area contributed by atoms with Crippen molar-refractivity contribution in [3.05, 3.63) is 35.5 Å². The summed E-state index contributed by atoms with van der Waals surface area (Å²) in [5, 5.41) is 4.34. The molecule has 3 aromatic rings. The third-order valence-corrected chi connectivity index (χ3v) is 6.52. The van der Waals surface area contributed by atoms with E-state index < -0.39 is 21.8 Å². The van der Waals surface area contributed by atoms with Crippen molar-refractivity contribution < 1.29 is 13.2 Å². The van der Waals surface area contributed by atoms with Crippen LogP contribution in [0.25, 0.3) is 22.4 Å². The average Bonchev–Trinajstić information content (AvgIpc) is 3.30. The van der Waals surface area contributed by atoms with Crippen LogP contribution in [0.2, 0.25) is 5.02 Å². The summed E-state index contributed by atoms with van der Waals surface area (Å²) in [4.78, 5) is 16.8. The summed E-state index contributed by atoms with van der Waals surface area (Å²) in [5.74, 6) is -0.127. The highest BCUT2D eigenvalue weighted by Gasteiger charge is 2.38. The second-order valence-electron chi connectivity index (χ2n) is 7.41. The van der Waals surface area contributed by atoms with Gasteiger partial charge in [-0.25, -0.2) is 23.6 Å². The largest absolute Gasteiger partial charge is 0.363 e. The minimum Gasteiger partial charge on any atom is -0.363 e. The predicted octanol–water partition coefficient (Wildman–Crippen LogP) is 3.26. The maximum Gasteiger partial charge on any atom is 0.183 e. The van der Waals surface area contributed by atoms with Crippen molar-refractivity contribution >= 4 is 39.5 Å². The quantitative estimate of drug-likeness (QED) is 0.525. The van der Waals surface area contributed by atoms with E-state index in [4.69, 9.17) is 11.6 Å². The number of hydrogen-bond acceptors (Lipinski definition) is 6. The van der Waals surface area contributed by atoms with Crippen molar-refractivity contribution in [3.63, 3.8) is 0 Å². The van der Waals surface area contributed by atoms with Gasteiger partial charge in [0.1, 0.15) is 10.5 Å². The highest BCUT2D eigenvalue weighted by Crippen LogP contribution is 2.29. The van der Waals surface area contributed by atoms with Crippen LogP contribution >= 0.6 is 11.6 Å². The van der Waals surface area contributed by atoms with Gasteiger partial charge in [-0.2, -0.15) is 0 Å². The van der Waals surface area contributed by atoms with Gasteiger partial charge < -0.3 is 14.9 Å². The van der Waals surface area contributed by atoms with Crippen LogP contribution in [0.15, 0.2) is 24.7 Å². The molecule has 2 unspecified atom stereocenters. The van der Waals surface area contributed by atoms with E-state index in [1.165, 1.54) is 6.20 Å². The van der Waals surface area contributed by atoms with Gasteiger partial charge in [-0.3, -0.25) is 4.90 Å². The summed E-state index contributed by atoms with van der Waals surface area (Å²) in [6.07, 6.45) is 5.07. The molecule has 2 atom stereocenters. The molecule has 1 saturated heterocycles. The van der Waals surface area contributed by atoms with E-state index in [1.54, 1.807) is 26.1 Å². The van der Waals surface area contributed by atoms with Crippen LogP contribution in [0.5, 0.6) is 0 Å². The van der Waals surface area contributed by atoms with Crippen molar-refractivity contribution in [1.82, 2.24) is 24.8 Å². The number of hydrogen-bond donors (Lipinski definition) is 3. The van der Waals surface area contributed by atoms with E-state index in [0.29, 0.717) is 41.6 Å². The van der Waals surface area contributed by atoms with Gasteiger partial charge in [-0.15, -0.1) is 0 Å². The van der Waals surface area contributed by atoms with Crippen LogP contribution in [0.3, 0.4) is 0 Å². The third-order valence-electron chi connectivity index (χ3n) is 5.20. The van der Waals surface area contributed by atoms with Crippen LogP contribution in [0.4, 0.5) is 10.2 Å². The Balaban J connectivity index is 1.58. The lowest BCUT2D eigenvalue weighted by Crippen LogP contribution is -2.46. The fourth-order valence-corrected chi connectivity index (χ4v) is 3.98. The second-order valence-corrected chi connectivity index (χ2v) is 9.35. The number of H-pyrrole nitrogens is 1. The molecule has 0 amide bonds.